The molecule has 0 aliphatic rings. The molecule has 0 saturated carbocycles. The largest absolute Gasteiger partial charge is 0.354 e. The average molecular weight is 494 g/mol. The minimum atomic E-state index is -3.76. The van der Waals surface area contributed by atoms with Crippen molar-refractivity contribution < 1.29 is 18.0 Å². The van der Waals surface area contributed by atoms with E-state index in [2.05, 4.69) is 5.32 Å². The summed E-state index contributed by atoms with van der Waals surface area (Å²) >= 11 is 5.93. The van der Waals surface area contributed by atoms with E-state index in [4.69, 9.17) is 11.6 Å². The molecule has 0 bridgehead atoms. The lowest BCUT2D eigenvalue weighted by Crippen LogP contribution is -2.51. The zero-order chi connectivity index (χ0) is 24.6. The standard InChI is InChI=1S/C24H32ClN3O4S/c1-5-6-15-26-24(30)19(3)27(16-20-9-7-18(2)8-10-20)23(29)17-28(33(4,31)32)22-13-11-21(25)12-14-22/h7-14,19H,5-6,15-17H2,1-4H3,(H,26,30). The predicted octanol–water partition coefficient (Wildman–Crippen LogP) is 3.75. The number of aryl methyl sites for hydroxylation is 1. The van der Waals surface area contributed by atoms with Gasteiger partial charge in [0.05, 0.1) is 11.9 Å². The second kappa shape index (κ2) is 12.0. The number of sulfonamides is 1. The Morgan fingerprint density at radius 1 is 1.06 bits per heavy atom. The summed E-state index contributed by atoms with van der Waals surface area (Å²) in [5, 5.41) is 3.31. The molecule has 180 valence electrons. The molecule has 0 saturated heterocycles. The molecule has 0 aromatic heterocycles. The Labute approximate surface area is 201 Å². The van der Waals surface area contributed by atoms with E-state index >= 15 is 0 Å². The van der Waals surface area contributed by atoms with Gasteiger partial charge in [-0.2, -0.15) is 0 Å². The van der Waals surface area contributed by atoms with Crippen LogP contribution in [0.2, 0.25) is 5.02 Å². The van der Waals surface area contributed by atoms with Crippen LogP contribution in [0.25, 0.3) is 0 Å². The van der Waals surface area contributed by atoms with E-state index in [1.807, 2.05) is 38.1 Å². The van der Waals surface area contributed by atoms with Crippen molar-refractivity contribution in [3.05, 3.63) is 64.7 Å². The highest BCUT2D eigenvalue weighted by Gasteiger charge is 2.29. The van der Waals surface area contributed by atoms with E-state index in [0.29, 0.717) is 17.3 Å². The average Bonchev–Trinajstić information content (AvgIpc) is 2.76. The molecule has 1 N–H and O–H groups in total. The summed E-state index contributed by atoms with van der Waals surface area (Å²) in [6.07, 6.45) is 2.81. The van der Waals surface area contributed by atoms with E-state index in [9.17, 15) is 18.0 Å². The smallest absolute Gasteiger partial charge is 0.244 e. The fraction of sp³-hybridized carbons (Fsp3) is 0.417. The molecule has 0 aliphatic heterocycles. The summed E-state index contributed by atoms with van der Waals surface area (Å²) in [7, 11) is -3.76. The zero-order valence-corrected chi connectivity index (χ0v) is 21.1. The molecule has 2 amide bonds. The maximum Gasteiger partial charge on any atom is 0.244 e. The van der Waals surface area contributed by atoms with Gasteiger partial charge in [-0.1, -0.05) is 54.8 Å². The summed E-state index contributed by atoms with van der Waals surface area (Å²) in [6, 6.07) is 13.1. The van der Waals surface area contributed by atoms with Crippen LogP contribution in [0.15, 0.2) is 48.5 Å². The summed E-state index contributed by atoms with van der Waals surface area (Å²) in [5.41, 5.74) is 2.25. The first kappa shape index (κ1) is 26.7. The van der Waals surface area contributed by atoms with Crippen LogP contribution in [0.4, 0.5) is 5.69 Å². The van der Waals surface area contributed by atoms with Gasteiger partial charge in [0.15, 0.2) is 0 Å². The van der Waals surface area contributed by atoms with Gasteiger partial charge in [0.1, 0.15) is 12.6 Å². The lowest BCUT2D eigenvalue weighted by Gasteiger charge is -2.31. The third-order valence-electron chi connectivity index (χ3n) is 5.26. The highest BCUT2D eigenvalue weighted by atomic mass is 35.5. The van der Waals surface area contributed by atoms with Crippen molar-refractivity contribution in [2.24, 2.45) is 0 Å². The number of unbranched alkanes of at least 4 members (excludes halogenated alkanes) is 1. The van der Waals surface area contributed by atoms with Gasteiger partial charge in [-0.05, 0) is 50.1 Å². The molecular formula is C24H32ClN3O4S. The molecule has 2 aromatic carbocycles. The number of nitrogens with one attached hydrogen (secondary N) is 1. The number of hydrogen-bond acceptors (Lipinski definition) is 4. The number of benzene rings is 2. The van der Waals surface area contributed by atoms with Gasteiger partial charge in [0, 0.05) is 18.1 Å². The van der Waals surface area contributed by atoms with Crippen molar-refractivity contribution in [3.63, 3.8) is 0 Å². The minimum absolute atomic E-state index is 0.180. The van der Waals surface area contributed by atoms with Crippen LogP contribution in [0, 0.1) is 6.92 Å². The first-order chi connectivity index (χ1) is 15.5. The van der Waals surface area contributed by atoms with Crippen molar-refractivity contribution in [1.29, 1.82) is 0 Å². The van der Waals surface area contributed by atoms with Gasteiger partial charge in [-0.15, -0.1) is 0 Å². The van der Waals surface area contributed by atoms with E-state index < -0.39 is 28.5 Å². The topological polar surface area (TPSA) is 86.8 Å². The van der Waals surface area contributed by atoms with Gasteiger partial charge in [0.2, 0.25) is 21.8 Å². The quantitative estimate of drug-likeness (QED) is 0.483. The van der Waals surface area contributed by atoms with E-state index in [0.717, 1.165) is 34.5 Å². The first-order valence-electron chi connectivity index (χ1n) is 10.9. The number of amides is 2. The normalized spacial score (nSPS) is 12.2. The Morgan fingerprint density at radius 3 is 2.21 bits per heavy atom. The SMILES string of the molecule is CCCCNC(=O)C(C)N(Cc1ccc(C)cc1)C(=O)CN(c1ccc(Cl)cc1)S(C)(=O)=O. The zero-order valence-electron chi connectivity index (χ0n) is 19.5. The summed E-state index contributed by atoms with van der Waals surface area (Å²) in [5.74, 6) is -0.754. The van der Waals surface area contributed by atoms with Crippen LogP contribution >= 0.6 is 11.6 Å². The monoisotopic (exact) mass is 493 g/mol. The number of carbonyl (C=O) groups is 2. The Balaban J connectivity index is 2.32. The fourth-order valence-corrected chi connectivity index (χ4v) is 4.21. The van der Waals surface area contributed by atoms with Crippen LogP contribution in [0.3, 0.4) is 0 Å². The maximum atomic E-state index is 13.4. The molecule has 0 radical (unpaired) electrons. The Hall–Kier alpha value is -2.58. The number of carbonyl (C=O) groups excluding carboxylic acids is 2. The van der Waals surface area contributed by atoms with Crippen molar-refractivity contribution in [2.45, 2.75) is 46.2 Å². The molecule has 1 atom stereocenters. The van der Waals surface area contributed by atoms with Crippen LogP contribution in [-0.4, -0.2) is 50.5 Å². The van der Waals surface area contributed by atoms with Crippen molar-refractivity contribution >= 4 is 39.1 Å². The van der Waals surface area contributed by atoms with Gasteiger partial charge < -0.3 is 10.2 Å². The molecule has 2 rings (SSSR count). The van der Waals surface area contributed by atoms with Crippen molar-refractivity contribution in [2.75, 3.05) is 23.7 Å². The lowest BCUT2D eigenvalue weighted by atomic mass is 10.1. The van der Waals surface area contributed by atoms with Crippen molar-refractivity contribution in [1.82, 2.24) is 10.2 Å². The highest BCUT2D eigenvalue weighted by molar-refractivity contribution is 7.92. The van der Waals surface area contributed by atoms with Crippen LogP contribution in [-0.2, 0) is 26.2 Å². The molecule has 2 aromatic rings. The summed E-state index contributed by atoms with van der Waals surface area (Å²) in [4.78, 5) is 27.6. The maximum absolute atomic E-state index is 13.4. The minimum Gasteiger partial charge on any atom is -0.354 e. The number of hydrogen-bond donors (Lipinski definition) is 1. The molecule has 1 unspecified atom stereocenters. The molecule has 0 heterocycles. The molecule has 0 aliphatic carbocycles. The first-order valence-corrected chi connectivity index (χ1v) is 13.1. The summed E-state index contributed by atoms with van der Waals surface area (Å²) < 4.78 is 26.0. The van der Waals surface area contributed by atoms with Crippen molar-refractivity contribution in [3.8, 4) is 0 Å². The van der Waals surface area contributed by atoms with E-state index in [1.165, 1.54) is 4.90 Å². The van der Waals surface area contributed by atoms with E-state index in [1.54, 1.807) is 31.2 Å². The summed E-state index contributed by atoms with van der Waals surface area (Å²) in [6.45, 7) is 5.91. The molecule has 7 nitrogen and oxygen atoms in total. The van der Waals surface area contributed by atoms with Crippen LogP contribution in [0.5, 0.6) is 0 Å². The second-order valence-electron chi connectivity index (χ2n) is 8.07. The molecule has 0 fully saturated rings. The highest BCUT2D eigenvalue weighted by Crippen LogP contribution is 2.21. The molecule has 9 heteroatoms. The van der Waals surface area contributed by atoms with Crippen LogP contribution < -0.4 is 9.62 Å². The third-order valence-corrected chi connectivity index (χ3v) is 6.66. The number of nitrogens with zero attached hydrogens (tertiary/aromatic N) is 2. The molecule has 33 heavy (non-hydrogen) atoms. The number of anilines is 1. The Morgan fingerprint density at radius 2 is 1.67 bits per heavy atom. The van der Waals surface area contributed by atoms with Gasteiger partial charge in [-0.3, -0.25) is 13.9 Å². The number of halogens is 1. The third kappa shape index (κ3) is 8.05. The second-order valence-corrected chi connectivity index (χ2v) is 10.4. The fourth-order valence-electron chi connectivity index (χ4n) is 3.23. The molecule has 0 spiro atoms. The van der Waals surface area contributed by atoms with Crippen LogP contribution in [0.1, 0.15) is 37.8 Å². The van der Waals surface area contributed by atoms with Gasteiger partial charge >= 0.3 is 0 Å². The number of rotatable bonds is 11. The Bertz CT molecular complexity index is 1040. The molecular weight excluding hydrogens is 462 g/mol. The predicted molar refractivity (Wildman–Crippen MR) is 133 cm³/mol. The lowest BCUT2D eigenvalue weighted by molar-refractivity contribution is -0.139. The Kier molecular flexibility index (Phi) is 9.73. The van der Waals surface area contributed by atoms with Gasteiger partial charge in [-0.25, -0.2) is 8.42 Å². The van der Waals surface area contributed by atoms with Gasteiger partial charge in [0.25, 0.3) is 0 Å². The van der Waals surface area contributed by atoms with E-state index in [-0.39, 0.29) is 12.5 Å².